The molecule has 0 saturated carbocycles. The van der Waals surface area contributed by atoms with E-state index in [4.69, 9.17) is 14.2 Å². The van der Waals surface area contributed by atoms with Gasteiger partial charge in [-0.05, 0) is 17.7 Å². The normalized spacial score (nSPS) is 19.1. The molecule has 0 spiro atoms. The molecular formula is C21H24O8. The topological polar surface area (TPSA) is 129 Å². The Morgan fingerprint density at radius 2 is 1.93 bits per heavy atom. The number of aliphatic hydroxyl groups excluding tert-OH is 2. The number of phenols is 3. The highest BCUT2D eigenvalue weighted by atomic mass is 16.5. The molecule has 1 heterocycles. The Labute approximate surface area is 167 Å². The highest BCUT2D eigenvalue weighted by molar-refractivity contribution is 5.52. The molecule has 1 aliphatic heterocycles. The van der Waals surface area contributed by atoms with E-state index in [0.717, 1.165) is 0 Å². The van der Waals surface area contributed by atoms with Crippen LogP contribution in [0.3, 0.4) is 0 Å². The minimum atomic E-state index is -0.959. The standard InChI is InChI=1S/C21H24O8/c1-2-5-27-10-14(23)11-28-19-7-13(22)8-20-15(19)9-18(26)21(29-20)12-3-4-16(24)17(25)6-12/h2-4,6-8,14,18,21-26H,1,5,9-11H2. The minimum absolute atomic E-state index is 0.0680. The summed E-state index contributed by atoms with van der Waals surface area (Å²) in [4.78, 5) is 0. The van der Waals surface area contributed by atoms with Crippen LogP contribution < -0.4 is 9.47 Å². The van der Waals surface area contributed by atoms with Crippen LogP contribution in [0.5, 0.6) is 28.7 Å². The number of hydrogen-bond donors (Lipinski definition) is 5. The number of ether oxygens (including phenoxy) is 3. The van der Waals surface area contributed by atoms with Gasteiger partial charge in [0.25, 0.3) is 0 Å². The smallest absolute Gasteiger partial charge is 0.157 e. The number of hydrogen-bond acceptors (Lipinski definition) is 8. The molecule has 1 aliphatic rings. The summed E-state index contributed by atoms with van der Waals surface area (Å²) in [7, 11) is 0. The fraction of sp³-hybridized carbons (Fsp3) is 0.333. The van der Waals surface area contributed by atoms with Gasteiger partial charge in [-0.2, -0.15) is 0 Å². The molecule has 0 amide bonds. The summed E-state index contributed by atoms with van der Waals surface area (Å²) in [6, 6.07) is 6.95. The van der Waals surface area contributed by atoms with Gasteiger partial charge in [0.05, 0.1) is 19.3 Å². The maximum Gasteiger partial charge on any atom is 0.157 e. The third-order valence-electron chi connectivity index (χ3n) is 4.47. The van der Waals surface area contributed by atoms with Crippen molar-refractivity contribution in [2.24, 2.45) is 0 Å². The fourth-order valence-corrected chi connectivity index (χ4v) is 3.10. The predicted octanol–water partition coefficient (Wildman–Crippen LogP) is 1.78. The first-order valence-electron chi connectivity index (χ1n) is 9.11. The fourth-order valence-electron chi connectivity index (χ4n) is 3.10. The van der Waals surface area contributed by atoms with E-state index >= 15 is 0 Å². The van der Waals surface area contributed by atoms with Crippen LogP contribution in [0.15, 0.2) is 43.0 Å². The maximum absolute atomic E-state index is 10.6. The Morgan fingerprint density at radius 1 is 1.14 bits per heavy atom. The van der Waals surface area contributed by atoms with E-state index in [1.807, 2.05) is 0 Å². The van der Waals surface area contributed by atoms with Crippen molar-refractivity contribution < 1.29 is 39.7 Å². The number of phenolic OH excluding ortho intramolecular Hbond substituents is 3. The van der Waals surface area contributed by atoms with Gasteiger partial charge in [-0.25, -0.2) is 0 Å². The van der Waals surface area contributed by atoms with Crippen LogP contribution in [-0.2, 0) is 11.2 Å². The molecule has 8 nitrogen and oxygen atoms in total. The average Bonchev–Trinajstić information content (AvgIpc) is 2.68. The van der Waals surface area contributed by atoms with Gasteiger partial charge in [-0.3, -0.25) is 0 Å². The maximum atomic E-state index is 10.6. The largest absolute Gasteiger partial charge is 0.508 e. The Morgan fingerprint density at radius 3 is 2.66 bits per heavy atom. The van der Waals surface area contributed by atoms with Crippen molar-refractivity contribution in [1.82, 2.24) is 0 Å². The first-order chi connectivity index (χ1) is 13.9. The predicted molar refractivity (Wildman–Crippen MR) is 103 cm³/mol. The van der Waals surface area contributed by atoms with E-state index < -0.39 is 18.3 Å². The number of benzene rings is 2. The van der Waals surface area contributed by atoms with Crippen LogP contribution in [-0.4, -0.2) is 57.6 Å². The van der Waals surface area contributed by atoms with Gasteiger partial charge in [0.2, 0.25) is 0 Å². The van der Waals surface area contributed by atoms with Gasteiger partial charge in [-0.1, -0.05) is 12.1 Å². The summed E-state index contributed by atoms with van der Waals surface area (Å²) in [6.45, 7) is 3.83. The first kappa shape index (κ1) is 20.8. The molecule has 0 radical (unpaired) electrons. The van der Waals surface area contributed by atoms with Crippen molar-refractivity contribution in [3.05, 3.63) is 54.1 Å². The molecule has 3 unspecified atom stereocenters. The van der Waals surface area contributed by atoms with Crippen molar-refractivity contribution in [2.45, 2.75) is 24.7 Å². The summed E-state index contributed by atoms with van der Waals surface area (Å²) < 4.78 is 16.6. The van der Waals surface area contributed by atoms with Gasteiger partial charge in [0.1, 0.15) is 36.1 Å². The second kappa shape index (κ2) is 9.04. The molecule has 0 saturated heterocycles. The molecule has 3 rings (SSSR count). The molecule has 0 aliphatic carbocycles. The Balaban J connectivity index is 1.77. The molecule has 156 valence electrons. The zero-order chi connectivity index (χ0) is 21.0. The second-order valence-electron chi connectivity index (χ2n) is 6.77. The first-order valence-corrected chi connectivity index (χ1v) is 9.11. The monoisotopic (exact) mass is 404 g/mol. The summed E-state index contributed by atoms with van der Waals surface area (Å²) in [5.41, 5.74) is 1.02. The third-order valence-corrected chi connectivity index (χ3v) is 4.47. The lowest BCUT2D eigenvalue weighted by molar-refractivity contribution is 0.0133. The van der Waals surface area contributed by atoms with Crippen molar-refractivity contribution >= 4 is 0 Å². The van der Waals surface area contributed by atoms with Gasteiger partial charge in [0, 0.05) is 24.1 Å². The number of aliphatic hydroxyl groups is 2. The molecular weight excluding hydrogens is 380 g/mol. The van der Waals surface area contributed by atoms with E-state index in [-0.39, 0.29) is 42.6 Å². The van der Waals surface area contributed by atoms with Crippen LogP contribution >= 0.6 is 0 Å². The Hall–Kier alpha value is -2.94. The lowest BCUT2D eigenvalue weighted by Gasteiger charge is -2.32. The van der Waals surface area contributed by atoms with E-state index in [1.54, 1.807) is 6.08 Å². The summed E-state index contributed by atoms with van der Waals surface area (Å²) >= 11 is 0. The van der Waals surface area contributed by atoms with Crippen LogP contribution in [0.4, 0.5) is 0 Å². The SMILES string of the molecule is C=CCOCC(O)COc1cc(O)cc2c1CC(O)C(c1ccc(O)c(O)c1)O2. The van der Waals surface area contributed by atoms with Crippen LogP contribution in [0.2, 0.25) is 0 Å². The van der Waals surface area contributed by atoms with Crippen LogP contribution in [0.25, 0.3) is 0 Å². The van der Waals surface area contributed by atoms with Crippen LogP contribution in [0, 0.1) is 0 Å². The van der Waals surface area contributed by atoms with Crippen molar-refractivity contribution in [1.29, 1.82) is 0 Å². The Bertz CT molecular complexity index is 866. The molecule has 0 aromatic heterocycles. The van der Waals surface area contributed by atoms with E-state index in [0.29, 0.717) is 23.5 Å². The highest BCUT2D eigenvalue weighted by Gasteiger charge is 2.33. The lowest BCUT2D eigenvalue weighted by Crippen LogP contribution is -2.31. The summed E-state index contributed by atoms with van der Waals surface area (Å²) in [5, 5.41) is 49.7. The summed E-state index contributed by atoms with van der Waals surface area (Å²) in [5.74, 6) is -0.0889. The van der Waals surface area contributed by atoms with Crippen molar-refractivity contribution in [3.8, 4) is 28.7 Å². The van der Waals surface area contributed by atoms with Crippen molar-refractivity contribution in [2.75, 3.05) is 19.8 Å². The van der Waals surface area contributed by atoms with Gasteiger partial charge in [-0.15, -0.1) is 6.58 Å². The molecule has 8 heteroatoms. The molecule has 2 aromatic rings. The average molecular weight is 404 g/mol. The van der Waals surface area contributed by atoms with Gasteiger partial charge in [0.15, 0.2) is 11.5 Å². The molecule has 29 heavy (non-hydrogen) atoms. The zero-order valence-electron chi connectivity index (χ0n) is 15.7. The number of rotatable bonds is 8. The molecule has 2 aromatic carbocycles. The minimum Gasteiger partial charge on any atom is -0.508 e. The van der Waals surface area contributed by atoms with Crippen LogP contribution in [0.1, 0.15) is 17.2 Å². The molecule has 0 bridgehead atoms. The lowest BCUT2D eigenvalue weighted by atomic mass is 9.94. The van der Waals surface area contributed by atoms with Gasteiger partial charge < -0.3 is 39.7 Å². The highest BCUT2D eigenvalue weighted by Crippen LogP contribution is 2.43. The molecule has 3 atom stereocenters. The van der Waals surface area contributed by atoms with E-state index in [2.05, 4.69) is 6.58 Å². The zero-order valence-corrected chi connectivity index (χ0v) is 15.7. The molecule has 5 N–H and O–H groups in total. The Kier molecular flexibility index (Phi) is 6.48. The third kappa shape index (κ3) is 4.92. The quantitative estimate of drug-likeness (QED) is 0.256. The number of fused-ring (bicyclic) bond motifs is 1. The van der Waals surface area contributed by atoms with Gasteiger partial charge >= 0.3 is 0 Å². The number of aromatic hydroxyl groups is 3. The second-order valence-corrected chi connectivity index (χ2v) is 6.77. The van der Waals surface area contributed by atoms with E-state index in [9.17, 15) is 25.5 Å². The summed E-state index contributed by atoms with van der Waals surface area (Å²) in [6.07, 6.45) is -0.904. The molecule has 0 fully saturated rings. The van der Waals surface area contributed by atoms with Crippen molar-refractivity contribution in [3.63, 3.8) is 0 Å². The van der Waals surface area contributed by atoms with E-state index in [1.165, 1.54) is 30.3 Å².